The molecule has 0 radical (unpaired) electrons. The molecule has 0 saturated heterocycles. The maximum absolute atomic E-state index is 5.81. The van der Waals surface area contributed by atoms with Crippen LogP contribution in [0.3, 0.4) is 0 Å². The van der Waals surface area contributed by atoms with Crippen molar-refractivity contribution in [2.75, 3.05) is 0 Å². The molecule has 0 amide bonds. The lowest BCUT2D eigenvalue weighted by Crippen LogP contribution is -2.17. The van der Waals surface area contributed by atoms with Crippen LogP contribution in [-0.4, -0.2) is 0 Å². The van der Waals surface area contributed by atoms with E-state index in [9.17, 15) is 0 Å². The number of para-hydroxylation sites is 1. The average molecular weight is 330 g/mol. The third-order valence-electron chi connectivity index (χ3n) is 3.41. The second-order valence-electron chi connectivity index (χ2n) is 4.91. The Balaban J connectivity index is 1.69. The van der Waals surface area contributed by atoms with E-state index in [1.807, 2.05) is 24.3 Å². The third-order valence-corrected chi connectivity index (χ3v) is 3.90. The molecule has 102 valence electrons. The van der Waals surface area contributed by atoms with Crippen molar-refractivity contribution in [1.29, 1.82) is 0 Å². The van der Waals surface area contributed by atoms with Crippen molar-refractivity contribution in [2.24, 2.45) is 0 Å². The van der Waals surface area contributed by atoms with Crippen LogP contribution in [0.1, 0.15) is 24.3 Å². The van der Waals surface area contributed by atoms with Gasteiger partial charge < -0.3 is 9.73 Å². The van der Waals surface area contributed by atoms with Crippen LogP contribution in [0.15, 0.2) is 63.5 Å². The Morgan fingerprint density at radius 3 is 2.75 bits per heavy atom. The molecule has 2 nitrogen and oxygen atoms in total. The fourth-order valence-electron chi connectivity index (χ4n) is 2.27. The lowest BCUT2D eigenvalue weighted by molar-refractivity contribution is 0.482. The summed E-state index contributed by atoms with van der Waals surface area (Å²) < 4.78 is 6.91. The third kappa shape index (κ3) is 2.94. The Hall–Kier alpha value is -1.58. The maximum atomic E-state index is 5.81. The smallest absolute Gasteiger partial charge is 0.134 e. The molecule has 20 heavy (non-hydrogen) atoms. The van der Waals surface area contributed by atoms with E-state index in [0.717, 1.165) is 27.7 Å². The summed E-state index contributed by atoms with van der Waals surface area (Å²) in [5, 5.41) is 4.64. The predicted octanol–water partition coefficient (Wildman–Crippen LogP) is 5.05. The van der Waals surface area contributed by atoms with Crippen molar-refractivity contribution >= 4 is 26.9 Å². The summed E-state index contributed by atoms with van der Waals surface area (Å²) in [6, 6.07) is 18.8. The molecule has 1 N–H and O–H groups in total. The summed E-state index contributed by atoms with van der Waals surface area (Å²) in [7, 11) is 0. The zero-order valence-electron chi connectivity index (χ0n) is 11.3. The fourth-order valence-corrected chi connectivity index (χ4v) is 2.69. The van der Waals surface area contributed by atoms with Crippen molar-refractivity contribution in [1.82, 2.24) is 5.32 Å². The summed E-state index contributed by atoms with van der Waals surface area (Å²) in [5.41, 5.74) is 2.20. The first-order valence-electron chi connectivity index (χ1n) is 6.69. The highest BCUT2D eigenvalue weighted by atomic mass is 79.9. The van der Waals surface area contributed by atoms with Gasteiger partial charge >= 0.3 is 0 Å². The van der Waals surface area contributed by atoms with Gasteiger partial charge in [-0.1, -0.05) is 46.3 Å². The van der Waals surface area contributed by atoms with E-state index in [4.69, 9.17) is 4.42 Å². The number of hydrogen-bond donors (Lipinski definition) is 1. The van der Waals surface area contributed by atoms with E-state index < -0.39 is 0 Å². The molecule has 0 fully saturated rings. The molecule has 1 aromatic heterocycles. The number of benzene rings is 2. The zero-order chi connectivity index (χ0) is 13.9. The summed E-state index contributed by atoms with van der Waals surface area (Å²) in [6.45, 7) is 2.88. The molecule has 0 unspecified atom stereocenters. The van der Waals surface area contributed by atoms with Gasteiger partial charge in [-0.3, -0.25) is 0 Å². The van der Waals surface area contributed by atoms with Gasteiger partial charge in [-0.15, -0.1) is 0 Å². The summed E-state index contributed by atoms with van der Waals surface area (Å²) >= 11 is 3.50. The molecule has 0 bridgehead atoms. The van der Waals surface area contributed by atoms with Crippen LogP contribution in [0.4, 0.5) is 0 Å². The van der Waals surface area contributed by atoms with Crippen LogP contribution in [0.5, 0.6) is 0 Å². The first-order valence-corrected chi connectivity index (χ1v) is 7.48. The van der Waals surface area contributed by atoms with Crippen molar-refractivity contribution in [2.45, 2.75) is 19.5 Å². The highest BCUT2D eigenvalue weighted by molar-refractivity contribution is 9.10. The summed E-state index contributed by atoms with van der Waals surface area (Å²) in [5.74, 6) is 0.966. The van der Waals surface area contributed by atoms with Gasteiger partial charge in [0.25, 0.3) is 0 Å². The van der Waals surface area contributed by atoms with Crippen LogP contribution < -0.4 is 5.32 Å². The Morgan fingerprint density at radius 1 is 1.10 bits per heavy atom. The van der Waals surface area contributed by atoms with Crippen molar-refractivity contribution < 1.29 is 4.42 Å². The van der Waals surface area contributed by atoms with Crippen LogP contribution in [-0.2, 0) is 6.54 Å². The fraction of sp³-hybridized carbons (Fsp3) is 0.176. The normalized spacial score (nSPS) is 12.7. The first-order chi connectivity index (χ1) is 9.72. The van der Waals surface area contributed by atoms with Crippen molar-refractivity contribution in [3.63, 3.8) is 0 Å². The van der Waals surface area contributed by atoms with Gasteiger partial charge in [0.2, 0.25) is 0 Å². The maximum Gasteiger partial charge on any atom is 0.134 e. The molecule has 2 aromatic carbocycles. The van der Waals surface area contributed by atoms with E-state index in [0.29, 0.717) is 0 Å². The Labute approximate surface area is 126 Å². The Bertz CT molecular complexity index is 687. The van der Waals surface area contributed by atoms with E-state index in [2.05, 4.69) is 58.5 Å². The minimum atomic E-state index is 0.278. The molecular weight excluding hydrogens is 314 g/mol. The van der Waals surface area contributed by atoms with E-state index in [1.54, 1.807) is 0 Å². The second-order valence-corrected chi connectivity index (χ2v) is 5.82. The van der Waals surface area contributed by atoms with Crippen LogP contribution in [0.25, 0.3) is 11.0 Å². The van der Waals surface area contributed by atoms with Gasteiger partial charge in [0.15, 0.2) is 0 Å². The molecule has 3 aromatic rings. The second kappa shape index (κ2) is 5.81. The van der Waals surface area contributed by atoms with Gasteiger partial charge in [-0.05, 0) is 36.8 Å². The van der Waals surface area contributed by atoms with Gasteiger partial charge in [0, 0.05) is 15.9 Å². The lowest BCUT2D eigenvalue weighted by atomic mass is 10.1. The minimum absolute atomic E-state index is 0.278. The van der Waals surface area contributed by atoms with Gasteiger partial charge in [0.05, 0.1) is 6.54 Å². The Morgan fingerprint density at radius 2 is 1.95 bits per heavy atom. The molecule has 3 heteroatoms. The van der Waals surface area contributed by atoms with E-state index in [1.165, 1.54) is 5.56 Å². The standard InChI is InChI=1S/C17H16BrNO/c1-12(13-6-4-7-15(18)9-13)19-11-16-10-14-5-2-3-8-17(14)20-16/h2-10,12,19H,11H2,1H3/t12-/m1/s1. The number of furan rings is 1. The first kappa shape index (κ1) is 13.4. The van der Waals surface area contributed by atoms with Gasteiger partial charge in [-0.2, -0.15) is 0 Å². The minimum Gasteiger partial charge on any atom is -0.460 e. The molecule has 3 rings (SSSR count). The number of hydrogen-bond acceptors (Lipinski definition) is 2. The van der Waals surface area contributed by atoms with Crippen LogP contribution in [0, 0.1) is 0 Å². The molecule has 1 atom stereocenters. The van der Waals surface area contributed by atoms with E-state index in [-0.39, 0.29) is 6.04 Å². The summed E-state index contributed by atoms with van der Waals surface area (Å²) in [4.78, 5) is 0. The van der Waals surface area contributed by atoms with Crippen molar-refractivity contribution in [3.8, 4) is 0 Å². The quantitative estimate of drug-likeness (QED) is 0.724. The lowest BCUT2D eigenvalue weighted by Gasteiger charge is -2.13. The Kier molecular flexibility index (Phi) is 3.90. The number of fused-ring (bicyclic) bond motifs is 1. The molecule has 0 aliphatic carbocycles. The monoisotopic (exact) mass is 329 g/mol. The molecule has 0 aliphatic rings. The number of nitrogens with one attached hydrogen (secondary N) is 1. The molecular formula is C17H16BrNO. The van der Waals surface area contributed by atoms with Crippen LogP contribution >= 0.6 is 15.9 Å². The SMILES string of the molecule is C[C@@H](NCc1cc2ccccc2o1)c1cccc(Br)c1. The van der Waals surface area contributed by atoms with E-state index >= 15 is 0 Å². The topological polar surface area (TPSA) is 25.2 Å². The average Bonchev–Trinajstić information content (AvgIpc) is 2.87. The number of rotatable bonds is 4. The molecule has 1 heterocycles. The van der Waals surface area contributed by atoms with Crippen LogP contribution in [0.2, 0.25) is 0 Å². The summed E-state index contributed by atoms with van der Waals surface area (Å²) in [6.07, 6.45) is 0. The largest absolute Gasteiger partial charge is 0.460 e. The highest BCUT2D eigenvalue weighted by Crippen LogP contribution is 2.21. The predicted molar refractivity (Wildman–Crippen MR) is 85.6 cm³/mol. The molecule has 0 aliphatic heterocycles. The van der Waals surface area contributed by atoms with Crippen molar-refractivity contribution in [3.05, 3.63) is 70.4 Å². The molecule has 0 spiro atoms. The van der Waals surface area contributed by atoms with Gasteiger partial charge in [-0.25, -0.2) is 0 Å². The number of halogens is 1. The zero-order valence-corrected chi connectivity index (χ0v) is 12.9. The molecule has 0 saturated carbocycles. The van der Waals surface area contributed by atoms with Gasteiger partial charge in [0.1, 0.15) is 11.3 Å². The highest BCUT2D eigenvalue weighted by Gasteiger charge is 2.07.